The van der Waals surface area contributed by atoms with Crippen LogP contribution < -0.4 is 0 Å². The maximum absolute atomic E-state index is 12.5. The van der Waals surface area contributed by atoms with Gasteiger partial charge in [0.05, 0.1) is 23.4 Å². The number of esters is 1. The summed E-state index contributed by atoms with van der Waals surface area (Å²) in [6.07, 6.45) is 8.19. The summed E-state index contributed by atoms with van der Waals surface area (Å²) in [7, 11) is 0. The van der Waals surface area contributed by atoms with E-state index in [9.17, 15) is 4.79 Å². The number of hydrogen-bond acceptors (Lipinski definition) is 6. The molecule has 0 amide bonds. The number of benzene rings is 1. The Hall–Kier alpha value is -3.53. The molecule has 0 spiro atoms. The molecule has 25 heavy (non-hydrogen) atoms. The van der Waals surface area contributed by atoms with E-state index in [1.165, 1.54) is 11.0 Å². The zero-order chi connectivity index (χ0) is 17.6. The molecule has 3 rings (SSSR count). The number of carbonyl (C=O) groups is 1. The highest BCUT2D eigenvalue weighted by Gasteiger charge is 2.19. The van der Waals surface area contributed by atoms with Gasteiger partial charge in [0.25, 0.3) is 0 Å². The van der Waals surface area contributed by atoms with Crippen molar-refractivity contribution in [2.45, 2.75) is 19.4 Å². The standard InChI is InChI=1S/C18H15N5O2/c1-3-6-17(15-7-4-5-10-19-15)25-18(24)14-8-9-16(13(2)11-14)23-12-20-21-22-23/h1,4-5,7-12,17H,6H2,2H3/t17-/m0/s1. The molecule has 7 nitrogen and oxygen atoms in total. The number of aryl methyl sites for hydroxylation is 1. The first-order valence-electron chi connectivity index (χ1n) is 7.58. The lowest BCUT2D eigenvalue weighted by Crippen LogP contribution is -2.13. The Kier molecular flexibility index (Phi) is 4.81. The molecule has 3 aromatic rings. The molecule has 0 aliphatic carbocycles. The minimum atomic E-state index is -0.585. The molecule has 0 aliphatic rings. The van der Waals surface area contributed by atoms with Crippen LogP contribution in [0.3, 0.4) is 0 Å². The van der Waals surface area contributed by atoms with Crippen LogP contribution in [0.5, 0.6) is 0 Å². The van der Waals surface area contributed by atoms with Gasteiger partial charge in [0.1, 0.15) is 6.33 Å². The van der Waals surface area contributed by atoms with Crippen LogP contribution in [0.15, 0.2) is 48.9 Å². The van der Waals surface area contributed by atoms with Crippen LogP contribution in [-0.4, -0.2) is 31.2 Å². The van der Waals surface area contributed by atoms with Gasteiger partial charge in [-0.05, 0) is 53.2 Å². The number of terminal acetylenes is 1. The number of aromatic nitrogens is 5. The van der Waals surface area contributed by atoms with Crippen LogP contribution in [0.2, 0.25) is 0 Å². The number of carbonyl (C=O) groups excluding carboxylic acids is 1. The van der Waals surface area contributed by atoms with Gasteiger partial charge in [0.15, 0.2) is 6.10 Å². The number of ether oxygens (including phenoxy) is 1. The highest BCUT2D eigenvalue weighted by atomic mass is 16.5. The molecule has 1 atom stereocenters. The molecule has 0 N–H and O–H groups in total. The van der Waals surface area contributed by atoms with Crippen LogP contribution in [0.25, 0.3) is 5.69 Å². The topological polar surface area (TPSA) is 82.8 Å². The fourth-order valence-corrected chi connectivity index (χ4v) is 2.39. The average molecular weight is 333 g/mol. The number of pyridine rings is 1. The van der Waals surface area contributed by atoms with E-state index in [0.29, 0.717) is 11.3 Å². The van der Waals surface area contributed by atoms with Crippen LogP contribution >= 0.6 is 0 Å². The Morgan fingerprint density at radius 3 is 2.88 bits per heavy atom. The van der Waals surface area contributed by atoms with Gasteiger partial charge in [-0.25, -0.2) is 9.48 Å². The van der Waals surface area contributed by atoms with E-state index >= 15 is 0 Å². The second-order valence-corrected chi connectivity index (χ2v) is 5.31. The van der Waals surface area contributed by atoms with Crippen molar-refractivity contribution in [1.82, 2.24) is 25.2 Å². The molecule has 2 heterocycles. The summed E-state index contributed by atoms with van der Waals surface area (Å²) < 4.78 is 7.08. The average Bonchev–Trinajstić information content (AvgIpc) is 3.16. The molecule has 0 bridgehead atoms. The molecule has 0 fully saturated rings. The first-order valence-corrected chi connectivity index (χ1v) is 7.58. The lowest BCUT2D eigenvalue weighted by Gasteiger charge is -2.15. The van der Waals surface area contributed by atoms with Crippen LogP contribution in [0, 0.1) is 19.3 Å². The Balaban J connectivity index is 1.80. The zero-order valence-electron chi connectivity index (χ0n) is 13.5. The second kappa shape index (κ2) is 7.36. The molecule has 0 aliphatic heterocycles. The van der Waals surface area contributed by atoms with Gasteiger partial charge in [-0.3, -0.25) is 4.98 Å². The van der Waals surface area contributed by atoms with E-state index in [1.54, 1.807) is 36.5 Å². The number of rotatable bonds is 5. The summed E-state index contributed by atoms with van der Waals surface area (Å²) >= 11 is 0. The van der Waals surface area contributed by atoms with Gasteiger partial charge in [-0.2, -0.15) is 0 Å². The predicted molar refractivity (Wildman–Crippen MR) is 89.7 cm³/mol. The molecule has 0 saturated heterocycles. The van der Waals surface area contributed by atoms with E-state index in [-0.39, 0.29) is 6.42 Å². The fraction of sp³-hybridized carbons (Fsp3) is 0.167. The van der Waals surface area contributed by atoms with Crippen molar-refractivity contribution < 1.29 is 9.53 Å². The Morgan fingerprint density at radius 2 is 2.24 bits per heavy atom. The van der Waals surface area contributed by atoms with Gasteiger partial charge >= 0.3 is 5.97 Å². The third kappa shape index (κ3) is 3.70. The van der Waals surface area contributed by atoms with Crippen LogP contribution in [-0.2, 0) is 4.74 Å². The first kappa shape index (κ1) is 16.3. The lowest BCUT2D eigenvalue weighted by molar-refractivity contribution is 0.0298. The number of tetrazole rings is 1. The molecule has 124 valence electrons. The summed E-state index contributed by atoms with van der Waals surface area (Å²) in [5.74, 6) is 2.06. The van der Waals surface area contributed by atoms with E-state index in [4.69, 9.17) is 11.2 Å². The maximum atomic E-state index is 12.5. The highest BCUT2D eigenvalue weighted by molar-refractivity contribution is 5.90. The normalized spacial score (nSPS) is 11.5. The lowest BCUT2D eigenvalue weighted by atomic mass is 10.1. The van der Waals surface area contributed by atoms with E-state index in [1.807, 2.05) is 13.0 Å². The monoisotopic (exact) mass is 333 g/mol. The maximum Gasteiger partial charge on any atom is 0.338 e. The van der Waals surface area contributed by atoms with E-state index in [2.05, 4.69) is 26.4 Å². The molecule has 7 heteroatoms. The Morgan fingerprint density at radius 1 is 1.36 bits per heavy atom. The third-order valence-corrected chi connectivity index (χ3v) is 3.60. The molecule has 0 saturated carbocycles. The van der Waals surface area contributed by atoms with Crippen LogP contribution in [0.4, 0.5) is 0 Å². The summed E-state index contributed by atoms with van der Waals surface area (Å²) in [6.45, 7) is 1.87. The van der Waals surface area contributed by atoms with E-state index < -0.39 is 12.1 Å². The van der Waals surface area contributed by atoms with E-state index in [0.717, 1.165) is 11.3 Å². The number of hydrogen-bond donors (Lipinski definition) is 0. The molecular weight excluding hydrogens is 318 g/mol. The highest BCUT2D eigenvalue weighted by Crippen LogP contribution is 2.22. The summed E-state index contributed by atoms with van der Waals surface area (Å²) in [4.78, 5) is 16.7. The summed E-state index contributed by atoms with van der Waals surface area (Å²) in [6, 6.07) is 10.5. The summed E-state index contributed by atoms with van der Waals surface area (Å²) in [5, 5.41) is 11.1. The van der Waals surface area contributed by atoms with Crippen molar-refractivity contribution in [2.24, 2.45) is 0 Å². The second-order valence-electron chi connectivity index (χ2n) is 5.31. The minimum absolute atomic E-state index is 0.254. The first-order chi connectivity index (χ1) is 12.2. The van der Waals surface area contributed by atoms with Gasteiger partial charge in [-0.15, -0.1) is 17.4 Å². The predicted octanol–water partition coefficient (Wildman–Crippen LogP) is 2.29. The van der Waals surface area contributed by atoms with Crippen molar-refractivity contribution in [3.8, 4) is 18.0 Å². The number of nitrogens with zero attached hydrogens (tertiary/aromatic N) is 5. The molecule has 0 unspecified atom stereocenters. The molecule has 0 radical (unpaired) electrons. The minimum Gasteiger partial charge on any atom is -0.451 e. The zero-order valence-corrected chi connectivity index (χ0v) is 13.5. The van der Waals surface area contributed by atoms with Gasteiger partial charge in [-0.1, -0.05) is 6.07 Å². The molecule has 1 aromatic carbocycles. The van der Waals surface area contributed by atoms with Gasteiger partial charge < -0.3 is 4.74 Å². The van der Waals surface area contributed by atoms with Crippen molar-refractivity contribution >= 4 is 5.97 Å². The van der Waals surface area contributed by atoms with Gasteiger partial charge in [0.2, 0.25) is 0 Å². The van der Waals surface area contributed by atoms with Crippen molar-refractivity contribution in [2.75, 3.05) is 0 Å². The quantitative estimate of drug-likeness (QED) is 0.526. The van der Waals surface area contributed by atoms with Crippen molar-refractivity contribution in [1.29, 1.82) is 0 Å². The third-order valence-electron chi connectivity index (χ3n) is 3.60. The smallest absolute Gasteiger partial charge is 0.338 e. The largest absolute Gasteiger partial charge is 0.451 e. The van der Waals surface area contributed by atoms with Gasteiger partial charge in [0, 0.05) is 6.20 Å². The molecular formula is C18H15N5O2. The van der Waals surface area contributed by atoms with Crippen LogP contribution in [0.1, 0.15) is 34.1 Å². The Labute approximate surface area is 144 Å². The SMILES string of the molecule is C#CC[C@H](OC(=O)c1ccc(-n2cnnn2)c(C)c1)c1ccccn1. The summed E-state index contributed by atoms with van der Waals surface area (Å²) in [5.41, 5.74) is 2.67. The fourth-order valence-electron chi connectivity index (χ4n) is 2.39. The van der Waals surface area contributed by atoms with Crippen molar-refractivity contribution in [3.05, 3.63) is 65.7 Å². The van der Waals surface area contributed by atoms with Crippen molar-refractivity contribution in [3.63, 3.8) is 0 Å². The Bertz CT molecular complexity index is 901. The molecule has 2 aromatic heterocycles.